The molecule has 0 saturated heterocycles. The first-order chi connectivity index (χ1) is 6.60. The van der Waals surface area contributed by atoms with Gasteiger partial charge in [0.25, 0.3) is 0 Å². The van der Waals surface area contributed by atoms with Gasteiger partial charge in [0, 0.05) is 6.07 Å². The van der Waals surface area contributed by atoms with Gasteiger partial charge in [-0.05, 0) is 6.07 Å². The number of hydrogen-bond acceptors (Lipinski definition) is 5. The van der Waals surface area contributed by atoms with Crippen LogP contribution < -0.4 is 4.74 Å². The first-order valence-corrected chi connectivity index (χ1v) is 4.00. The van der Waals surface area contributed by atoms with Gasteiger partial charge in [0.15, 0.2) is 0 Å². The van der Waals surface area contributed by atoms with Crippen molar-refractivity contribution < 1.29 is 9.66 Å². The van der Waals surface area contributed by atoms with E-state index < -0.39 is 4.92 Å². The maximum atomic E-state index is 10.6. The molecule has 14 heavy (non-hydrogen) atoms. The molecular formula is C8H6N2O3S. The number of nitro groups is 1. The Morgan fingerprint density at radius 3 is 2.71 bits per heavy atom. The standard InChI is InChI=1S/C8H6N2O3S/c1-13-8-6(10(11)12)2-5(4-9)3-7(8)14/h2-3,14H,1H3. The third-order valence-electron chi connectivity index (χ3n) is 1.58. The lowest BCUT2D eigenvalue weighted by atomic mass is 10.2. The van der Waals surface area contributed by atoms with Gasteiger partial charge in [-0.3, -0.25) is 10.1 Å². The molecule has 0 spiro atoms. The maximum absolute atomic E-state index is 10.6. The molecule has 0 N–H and O–H groups in total. The van der Waals surface area contributed by atoms with E-state index in [1.165, 1.54) is 13.2 Å². The Bertz CT molecular complexity index is 425. The highest BCUT2D eigenvalue weighted by molar-refractivity contribution is 7.80. The Labute approximate surface area is 85.5 Å². The predicted molar refractivity (Wildman–Crippen MR) is 51.6 cm³/mol. The Kier molecular flexibility index (Phi) is 2.94. The summed E-state index contributed by atoms with van der Waals surface area (Å²) in [5, 5.41) is 19.2. The van der Waals surface area contributed by atoms with Crippen LogP contribution in [0.2, 0.25) is 0 Å². The summed E-state index contributed by atoms with van der Waals surface area (Å²) in [6, 6.07) is 4.37. The van der Waals surface area contributed by atoms with Crippen molar-refractivity contribution >= 4 is 18.3 Å². The van der Waals surface area contributed by atoms with Crippen molar-refractivity contribution in [3.05, 3.63) is 27.8 Å². The number of nitro benzene ring substituents is 1. The summed E-state index contributed by atoms with van der Waals surface area (Å²) in [5.41, 5.74) is -0.0703. The summed E-state index contributed by atoms with van der Waals surface area (Å²) < 4.78 is 4.81. The number of rotatable bonds is 2. The second-order valence-electron chi connectivity index (χ2n) is 2.42. The lowest BCUT2D eigenvalue weighted by molar-refractivity contribution is -0.386. The average Bonchev–Trinajstić information content (AvgIpc) is 2.16. The van der Waals surface area contributed by atoms with E-state index in [0.717, 1.165) is 6.07 Å². The predicted octanol–water partition coefficient (Wildman–Crippen LogP) is 1.76. The summed E-state index contributed by atoms with van der Waals surface area (Å²) in [6.45, 7) is 0. The maximum Gasteiger partial charge on any atom is 0.313 e. The normalized spacial score (nSPS) is 9.21. The molecule has 0 radical (unpaired) electrons. The van der Waals surface area contributed by atoms with Crippen LogP contribution in [0.25, 0.3) is 0 Å². The number of hydrogen-bond donors (Lipinski definition) is 1. The van der Waals surface area contributed by atoms with E-state index in [9.17, 15) is 10.1 Å². The molecule has 1 aromatic rings. The van der Waals surface area contributed by atoms with E-state index in [1.807, 2.05) is 0 Å². The molecule has 0 aliphatic heterocycles. The van der Waals surface area contributed by atoms with Gasteiger partial charge in [0.1, 0.15) is 0 Å². The highest BCUT2D eigenvalue weighted by atomic mass is 32.1. The summed E-state index contributed by atoms with van der Waals surface area (Å²) in [6.07, 6.45) is 0. The van der Waals surface area contributed by atoms with Gasteiger partial charge in [0.05, 0.1) is 28.6 Å². The number of nitriles is 1. The Balaban J connectivity index is 3.45. The molecular weight excluding hydrogens is 204 g/mol. The second kappa shape index (κ2) is 3.98. The molecule has 0 fully saturated rings. The van der Waals surface area contributed by atoms with Crippen molar-refractivity contribution in [2.75, 3.05) is 7.11 Å². The molecule has 0 saturated carbocycles. The van der Waals surface area contributed by atoms with Crippen LogP contribution >= 0.6 is 12.6 Å². The number of methoxy groups -OCH3 is 1. The molecule has 72 valence electrons. The summed E-state index contributed by atoms with van der Waals surface area (Å²) in [7, 11) is 1.31. The third kappa shape index (κ3) is 1.78. The Morgan fingerprint density at radius 2 is 2.29 bits per heavy atom. The number of ether oxygens (including phenoxy) is 1. The molecule has 6 heteroatoms. The fourth-order valence-corrected chi connectivity index (χ4v) is 1.35. The van der Waals surface area contributed by atoms with E-state index >= 15 is 0 Å². The topological polar surface area (TPSA) is 76.2 Å². The molecule has 5 nitrogen and oxygen atoms in total. The van der Waals surface area contributed by atoms with Crippen LogP contribution in [0.1, 0.15) is 5.56 Å². The van der Waals surface area contributed by atoms with Gasteiger partial charge < -0.3 is 4.74 Å². The fourth-order valence-electron chi connectivity index (χ4n) is 1.01. The summed E-state index contributed by atoms with van der Waals surface area (Å²) in [4.78, 5) is 10.2. The highest BCUT2D eigenvalue weighted by Crippen LogP contribution is 2.34. The summed E-state index contributed by atoms with van der Waals surface area (Å²) in [5.74, 6) is 0.0670. The highest BCUT2D eigenvalue weighted by Gasteiger charge is 2.18. The molecule has 1 aromatic carbocycles. The van der Waals surface area contributed by atoms with E-state index in [-0.39, 0.29) is 21.9 Å². The molecule has 1 rings (SSSR count). The van der Waals surface area contributed by atoms with Crippen molar-refractivity contribution in [2.24, 2.45) is 0 Å². The number of nitrogens with zero attached hydrogens (tertiary/aromatic N) is 2. The van der Waals surface area contributed by atoms with Crippen LogP contribution in [0.5, 0.6) is 5.75 Å². The zero-order valence-corrected chi connectivity index (χ0v) is 8.12. The van der Waals surface area contributed by atoms with E-state index in [4.69, 9.17) is 10.00 Å². The van der Waals surface area contributed by atoms with Crippen molar-refractivity contribution in [3.8, 4) is 11.8 Å². The third-order valence-corrected chi connectivity index (χ3v) is 1.91. The second-order valence-corrected chi connectivity index (χ2v) is 2.90. The zero-order valence-electron chi connectivity index (χ0n) is 7.22. The molecule has 0 aromatic heterocycles. The van der Waals surface area contributed by atoms with Crippen molar-refractivity contribution in [2.45, 2.75) is 4.90 Å². The molecule has 0 heterocycles. The van der Waals surface area contributed by atoms with Gasteiger partial charge in [-0.25, -0.2) is 0 Å². The lowest BCUT2D eigenvalue weighted by Crippen LogP contribution is -1.95. The van der Waals surface area contributed by atoms with E-state index in [1.54, 1.807) is 6.07 Å². The minimum absolute atomic E-state index is 0.0670. The molecule has 0 aliphatic carbocycles. The number of thiol groups is 1. The molecule has 0 amide bonds. The first-order valence-electron chi connectivity index (χ1n) is 3.55. The largest absolute Gasteiger partial charge is 0.489 e. The van der Waals surface area contributed by atoms with Gasteiger partial charge in [-0.15, -0.1) is 12.6 Å². The first kappa shape index (κ1) is 10.3. The van der Waals surface area contributed by atoms with Crippen LogP contribution in [0.15, 0.2) is 17.0 Å². The fraction of sp³-hybridized carbons (Fsp3) is 0.125. The van der Waals surface area contributed by atoms with E-state index in [2.05, 4.69) is 12.6 Å². The lowest BCUT2D eigenvalue weighted by Gasteiger charge is -2.04. The van der Waals surface area contributed by atoms with Crippen molar-refractivity contribution in [1.29, 1.82) is 5.26 Å². The van der Waals surface area contributed by atoms with Crippen LogP contribution in [0.4, 0.5) is 5.69 Å². The van der Waals surface area contributed by atoms with Crippen LogP contribution in [0, 0.1) is 21.4 Å². The molecule has 0 aliphatic rings. The molecule has 0 atom stereocenters. The Morgan fingerprint density at radius 1 is 1.64 bits per heavy atom. The van der Waals surface area contributed by atoms with Crippen molar-refractivity contribution in [1.82, 2.24) is 0 Å². The molecule has 0 unspecified atom stereocenters. The van der Waals surface area contributed by atoms with Crippen LogP contribution in [-0.4, -0.2) is 12.0 Å². The smallest absolute Gasteiger partial charge is 0.313 e. The van der Waals surface area contributed by atoms with Crippen LogP contribution in [-0.2, 0) is 0 Å². The minimum atomic E-state index is -0.612. The van der Waals surface area contributed by atoms with E-state index in [0.29, 0.717) is 0 Å². The monoisotopic (exact) mass is 210 g/mol. The van der Waals surface area contributed by atoms with Gasteiger partial charge in [-0.2, -0.15) is 5.26 Å². The SMILES string of the molecule is COc1c(S)cc(C#N)cc1[N+](=O)[O-]. The van der Waals surface area contributed by atoms with Gasteiger partial charge in [0.2, 0.25) is 5.75 Å². The Hall–Kier alpha value is -1.74. The van der Waals surface area contributed by atoms with Gasteiger partial charge in [-0.1, -0.05) is 0 Å². The average molecular weight is 210 g/mol. The van der Waals surface area contributed by atoms with Gasteiger partial charge >= 0.3 is 5.69 Å². The zero-order chi connectivity index (χ0) is 10.7. The van der Waals surface area contributed by atoms with Crippen LogP contribution in [0.3, 0.4) is 0 Å². The number of benzene rings is 1. The minimum Gasteiger partial charge on any atom is -0.489 e. The summed E-state index contributed by atoms with van der Waals surface area (Å²) >= 11 is 3.99. The quantitative estimate of drug-likeness (QED) is 0.458. The molecule has 0 bridgehead atoms. The van der Waals surface area contributed by atoms with Crippen molar-refractivity contribution in [3.63, 3.8) is 0 Å².